The van der Waals surface area contributed by atoms with Gasteiger partial charge in [-0.2, -0.15) is 0 Å². The molecule has 0 unspecified atom stereocenters. The molecule has 0 N–H and O–H groups in total. The molecule has 6 heteroatoms. The van der Waals surface area contributed by atoms with Crippen LogP contribution in [0.25, 0.3) is 10.2 Å². The molecule has 2 aromatic rings. The first-order chi connectivity index (χ1) is 10.2. The van der Waals surface area contributed by atoms with Gasteiger partial charge >= 0.3 is 0 Å². The van der Waals surface area contributed by atoms with Crippen molar-refractivity contribution in [2.75, 3.05) is 13.1 Å². The van der Waals surface area contributed by atoms with Gasteiger partial charge in [-0.3, -0.25) is 14.2 Å². The highest BCUT2D eigenvalue weighted by Gasteiger charge is 2.18. The smallest absolute Gasteiger partial charge is 0.262 e. The monoisotopic (exact) mass is 305 g/mol. The summed E-state index contributed by atoms with van der Waals surface area (Å²) in [6, 6.07) is 1.90. The fourth-order valence-corrected chi connectivity index (χ4v) is 3.61. The summed E-state index contributed by atoms with van der Waals surface area (Å²) in [4.78, 5) is 32.8. The maximum atomic E-state index is 12.4. The minimum atomic E-state index is -0.110. The van der Waals surface area contributed by atoms with E-state index in [4.69, 9.17) is 0 Å². The van der Waals surface area contributed by atoms with E-state index in [-0.39, 0.29) is 18.0 Å². The van der Waals surface area contributed by atoms with Crippen molar-refractivity contribution in [3.05, 3.63) is 27.6 Å². The summed E-state index contributed by atoms with van der Waals surface area (Å²) in [7, 11) is 0. The maximum absolute atomic E-state index is 12.4. The Morgan fingerprint density at radius 2 is 2.10 bits per heavy atom. The highest BCUT2D eigenvalue weighted by atomic mass is 32.1. The van der Waals surface area contributed by atoms with E-state index in [1.165, 1.54) is 17.3 Å². The summed E-state index contributed by atoms with van der Waals surface area (Å²) in [5, 5.41) is 0.630. The molecule has 5 nitrogen and oxygen atoms in total. The number of carbonyl (C=O) groups is 1. The zero-order valence-electron chi connectivity index (χ0n) is 12.2. The second kappa shape index (κ2) is 5.97. The second-order valence-corrected chi connectivity index (χ2v) is 6.52. The van der Waals surface area contributed by atoms with Gasteiger partial charge in [0.05, 0.1) is 11.7 Å². The Balaban J connectivity index is 1.85. The van der Waals surface area contributed by atoms with Crippen molar-refractivity contribution in [2.24, 2.45) is 0 Å². The number of carbonyl (C=O) groups excluding carboxylic acids is 1. The molecule has 1 aliphatic heterocycles. The van der Waals surface area contributed by atoms with Crippen molar-refractivity contribution in [2.45, 2.75) is 39.2 Å². The molecule has 3 rings (SSSR count). The molecule has 0 spiro atoms. The van der Waals surface area contributed by atoms with Crippen molar-refractivity contribution in [3.8, 4) is 0 Å². The van der Waals surface area contributed by atoms with Crippen LogP contribution in [-0.4, -0.2) is 33.4 Å². The quantitative estimate of drug-likeness (QED) is 0.872. The van der Waals surface area contributed by atoms with Crippen molar-refractivity contribution in [1.29, 1.82) is 0 Å². The van der Waals surface area contributed by atoms with Gasteiger partial charge in [-0.05, 0) is 31.7 Å². The van der Waals surface area contributed by atoms with Crippen LogP contribution in [0.1, 0.15) is 31.1 Å². The Morgan fingerprint density at radius 1 is 1.33 bits per heavy atom. The number of fused-ring (bicyclic) bond motifs is 1. The van der Waals surface area contributed by atoms with Gasteiger partial charge in [0, 0.05) is 18.0 Å². The molecule has 0 saturated carbocycles. The van der Waals surface area contributed by atoms with Crippen LogP contribution in [0.15, 0.2) is 17.2 Å². The summed E-state index contributed by atoms with van der Waals surface area (Å²) >= 11 is 1.55. The third-order valence-electron chi connectivity index (χ3n) is 3.93. The van der Waals surface area contributed by atoms with Gasteiger partial charge < -0.3 is 4.90 Å². The molecular weight excluding hydrogens is 286 g/mol. The molecule has 1 saturated heterocycles. The number of nitrogens with zero attached hydrogens (tertiary/aromatic N) is 3. The van der Waals surface area contributed by atoms with Crippen molar-refractivity contribution in [1.82, 2.24) is 14.5 Å². The van der Waals surface area contributed by atoms with Crippen LogP contribution in [0, 0.1) is 0 Å². The summed E-state index contributed by atoms with van der Waals surface area (Å²) in [5.41, 5.74) is -0.110. The van der Waals surface area contributed by atoms with Crippen molar-refractivity contribution >= 4 is 27.5 Å². The van der Waals surface area contributed by atoms with Crippen LogP contribution < -0.4 is 5.56 Å². The van der Waals surface area contributed by atoms with Gasteiger partial charge in [0.25, 0.3) is 5.56 Å². The molecule has 0 bridgehead atoms. The van der Waals surface area contributed by atoms with Gasteiger partial charge in [-0.25, -0.2) is 4.98 Å². The van der Waals surface area contributed by atoms with Crippen LogP contribution >= 0.6 is 11.3 Å². The minimum absolute atomic E-state index is 0.0175. The molecule has 0 atom stereocenters. The largest absolute Gasteiger partial charge is 0.341 e. The lowest BCUT2D eigenvalue weighted by atomic mass is 10.1. The number of hydrogen-bond donors (Lipinski definition) is 0. The van der Waals surface area contributed by atoms with E-state index in [1.807, 2.05) is 11.0 Å². The topological polar surface area (TPSA) is 55.2 Å². The van der Waals surface area contributed by atoms with Gasteiger partial charge in [-0.15, -0.1) is 11.3 Å². The zero-order chi connectivity index (χ0) is 14.8. The zero-order valence-corrected chi connectivity index (χ0v) is 13.0. The van der Waals surface area contributed by atoms with Gasteiger partial charge in [-0.1, -0.05) is 6.92 Å². The Labute approximate surface area is 127 Å². The number of aromatic nitrogens is 2. The Hall–Kier alpha value is -1.69. The molecule has 1 aliphatic rings. The number of amides is 1. The van der Waals surface area contributed by atoms with Gasteiger partial charge in [0.1, 0.15) is 11.4 Å². The van der Waals surface area contributed by atoms with E-state index < -0.39 is 0 Å². The lowest BCUT2D eigenvalue weighted by Gasteiger charge is -2.26. The molecule has 1 amide bonds. The van der Waals surface area contributed by atoms with E-state index in [1.54, 1.807) is 11.3 Å². The highest BCUT2D eigenvalue weighted by molar-refractivity contribution is 7.18. The predicted molar refractivity (Wildman–Crippen MR) is 83.7 cm³/mol. The summed E-state index contributed by atoms with van der Waals surface area (Å²) in [6.45, 7) is 3.77. The molecule has 3 heterocycles. The minimum Gasteiger partial charge on any atom is -0.341 e. The standard InChI is InChI=1S/C15H19N3O2S/c1-2-11-8-12-14(21-11)16-10-18(15(12)20)9-13(19)17-6-4-3-5-7-17/h8,10H,2-7,9H2,1H3. The number of likely N-dealkylation sites (tertiary alicyclic amines) is 1. The van der Waals surface area contributed by atoms with Gasteiger partial charge in [0.15, 0.2) is 0 Å². The van der Waals surface area contributed by atoms with Crippen LogP contribution in [-0.2, 0) is 17.8 Å². The van der Waals surface area contributed by atoms with Crippen LogP contribution in [0.4, 0.5) is 0 Å². The number of thiophene rings is 1. The van der Waals surface area contributed by atoms with Crippen LogP contribution in [0.3, 0.4) is 0 Å². The Kier molecular flexibility index (Phi) is 4.05. The molecule has 21 heavy (non-hydrogen) atoms. The fourth-order valence-electron chi connectivity index (χ4n) is 2.69. The number of piperidine rings is 1. The molecule has 0 aliphatic carbocycles. The molecular formula is C15H19N3O2S. The molecule has 1 fully saturated rings. The first-order valence-corrected chi connectivity index (χ1v) is 8.26. The summed E-state index contributed by atoms with van der Waals surface area (Å²) < 4.78 is 1.44. The molecule has 0 aromatic carbocycles. The van der Waals surface area contributed by atoms with E-state index in [2.05, 4.69) is 11.9 Å². The normalized spacial score (nSPS) is 15.6. The van der Waals surface area contributed by atoms with Crippen LogP contribution in [0.2, 0.25) is 0 Å². The third kappa shape index (κ3) is 2.85. The molecule has 112 valence electrons. The fraction of sp³-hybridized carbons (Fsp3) is 0.533. The first kappa shape index (κ1) is 14.3. The lowest BCUT2D eigenvalue weighted by molar-refractivity contribution is -0.132. The van der Waals surface area contributed by atoms with E-state index in [0.717, 1.165) is 42.1 Å². The highest BCUT2D eigenvalue weighted by Crippen LogP contribution is 2.21. The summed E-state index contributed by atoms with van der Waals surface area (Å²) in [5.74, 6) is 0.0175. The third-order valence-corrected chi connectivity index (χ3v) is 5.12. The molecule has 2 aromatic heterocycles. The van der Waals surface area contributed by atoms with E-state index in [0.29, 0.717) is 5.39 Å². The second-order valence-electron chi connectivity index (χ2n) is 5.40. The first-order valence-electron chi connectivity index (χ1n) is 7.44. The number of rotatable bonds is 3. The average molecular weight is 305 g/mol. The number of hydrogen-bond acceptors (Lipinski definition) is 4. The van der Waals surface area contributed by atoms with E-state index in [9.17, 15) is 9.59 Å². The van der Waals surface area contributed by atoms with E-state index >= 15 is 0 Å². The summed E-state index contributed by atoms with van der Waals surface area (Å²) in [6.07, 6.45) is 5.70. The van der Waals surface area contributed by atoms with Crippen LogP contribution in [0.5, 0.6) is 0 Å². The molecule has 0 radical (unpaired) electrons. The average Bonchev–Trinajstić information content (AvgIpc) is 2.95. The Bertz CT molecular complexity index is 713. The van der Waals surface area contributed by atoms with Gasteiger partial charge in [0.2, 0.25) is 5.91 Å². The Morgan fingerprint density at radius 3 is 2.81 bits per heavy atom. The number of aryl methyl sites for hydroxylation is 1. The van der Waals surface area contributed by atoms with Crippen molar-refractivity contribution < 1.29 is 4.79 Å². The SMILES string of the molecule is CCc1cc2c(=O)n(CC(=O)N3CCCCC3)cnc2s1. The lowest BCUT2D eigenvalue weighted by Crippen LogP contribution is -2.39. The maximum Gasteiger partial charge on any atom is 0.262 e. The predicted octanol–water partition coefficient (Wildman–Crippen LogP) is 2.03. The van der Waals surface area contributed by atoms with Crippen molar-refractivity contribution in [3.63, 3.8) is 0 Å².